The molecule has 1 saturated heterocycles. The normalized spacial score (nSPS) is 21.0. The minimum absolute atomic E-state index is 0.0167. The van der Waals surface area contributed by atoms with E-state index in [1.165, 1.54) is 6.20 Å². The minimum Gasteiger partial charge on any atom is -0.383 e. The highest BCUT2D eigenvalue weighted by Gasteiger charge is 2.34. The van der Waals surface area contributed by atoms with Gasteiger partial charge in [0.05, 0.1) is 29.9 Å². The van der Waals surface area contributed by atoms with Crippen LogP contribution in [0.4, 0.5) is 11.5 Å². The predicted molar refractivity (Wildman–Crippen MR) is 122 cm³/mol. The van der Waals surface area contributed by atoms with Crippen LogP contribution in [0.1, 0.15) is 49.7 Å². The van der Waals surface area contributed by atoms with Gasteiger partial charge in [0.15, 0.2) is 0 Å². The fraction of sp³-hybridized carbons (Fsp3) is 0.417. The first-order valence-corrected chi connectivity index (χ1v) is 11.3. The number of aromatic nitrogens is 3. The topological polar surface area (TPSA) is 106 Å². The Morgan fingerprint density at radius 3 is 2.84 bits per heavy atom. The predicted octanol–water partition coefficient (Wildman–Crippen LogP) is 3.00. The van der Waals surface area contributed by atoms with Crippen molar-refractivity contribution in [1.82, 2.24) is 19.3 Å². The van der Waals surface area contributed by atoms with Crippen molar-refractivity contribution >= 4 is 28.8 Å². The van der Waals surface area contributed by atoms with E-state index in [2.05, 4.69) is 28.3 Å². The molecule has 166 valence electrons. The summed E-state index contributed by atoms with van der Waals surface area (Å²) in [7, 11) is 0. The maximum atomic E-state index is 13.2. The van der Waals surface area contributed by atoms with Crippen LogP contribution in [-0.2, 0) is 16.0 Å². The summed E-state index contributed by atoms with van der Waals surface area (Å²) in [6, 6.07) is 5.93. The van der Waals surface area contributed by atoms with Gasteiger partial charge in [-0.1, -0.05) is 13.0 Å². The average Bonchev–Trinajstić information content (AvgIpc) is 3.52. The Morgan fingerprint density at radius 2 is 2.03 bits per heavy atom. The monoisotopic (exact) mass is 432 g/mol. The molecule has 3 aromatic rings. The number of piperidine rings is 1. The fourth-order valence-corrected chi connectivity index (χ4v) is 4.63. The van der Waals surface area contributed by atoms with Crippen LogP contribution >= 0.6 is 0 Å². The molecule has 2 atom stereocenters. The summed E-state index contributed by atoms with van der Waals surface area (Å²) >= 11 is 0. The van der Waals surface area contributed by atoms with E-state index >= 15 is 0 Å². The Kier molecular flexibility index (Phi) is 5.28. The molecule has 2 fully saturated rings. The lowest BCUT2D eigenvalue weighted by atomic mass is 9.90. The molecule has 0 radical (unpaired) electrons. The van der Waals surface area contributed by atoms with Gasteiger partial charge in [0, 0.05) is 18.8 Å². The number of nitrogens with two attached hydrogens (primary N) is 1. The van der Waals surface area contributed by atoms with E-state index in [1.807, 2.05) is 28.9 Å². The van der Waals surface area contributed by atoms with Crippen LogP contribution in [0.5, 0.6) is 0 Å². The van der Waals surface area contributed by atoms with Crippen molar-refractivity contribution in [3.63, 3.8) is 0 Å². The van der Waals surface area contributed by atoms with Gasteiger partial charge in [-0.25, -0.2) is 9.97 Å². The summed E-state index contributed by atoms with van der Waals surface area (Å²) in [6.45, 7) is 2.70. The Labute approximate surface area is 186 Å². The molecule has 0 bridgehead atoms. The van der Waals surface area contributed by atoms with Crippen molar-refractivity contribution in [2.75, 3.05) is 17.6 Å². The number of hydrogen-bond donors (Lipinski definition) is 2. The van der Waals surface area contributed by atoms with Gasteiger partial charge in [-0.2, -0.15) is 0 Å². The Morgan fingerprint density at radius 1 is 1.19 bits per heavy atom. The zero-order chi connectivity index (χ0) is 22.2. The molecule has 1 aliphatic heterocycles. The van der Waals surface area contributed by atoms with Crippen molar-refractivity contribution in [2.24, 2.45) is 5.92 Å². The van der Waals surface area contributed by atoms with Gasteiger partial charge < -0.3 is 20.4 Å². The van der Waals surface area contributed by atoms with Gasteiger partial charge in [0.25, 0.3) is 0 Å². The standard InChI is InChI=1S/C24H28N6O2/c1-15-2-6-19(8-16-3-7-20-11-26-14-29(20)13-16)30(12-15)24(32)23(31)28-18-9-21(17-4-5-17)22(25)27-10-18/h3,7,9-11,13-15,17,19H,2,4-6,8,12H2,1H3,(H2,25,27)(H,28,31)/t15-,19?/m0/s1. The zero-order valence-corrected chi connectivity index (χ0v) is 18.2. The zero-order valence-electron chi connectivity index (χ0n) is 18.2. The first-order chi connectivity index (χ1) is 15.5. The maximum absolute atomic E-state index is 13.2. The molecule has 0 aromatic carbocycles. The van der Waals surface area contributed by atoms with E-state index in [4.69, 9.17) is 5.73 Å². The number of carbonyl (C=O) groups is 2. The van der Waals surface area contributed by atoms with E-state index in [0.29, 0.717) is 36.3 Å². The smallest absolute Gasteiger partial charge is 0.313 e. The van der Waals surface area contributed by atoms with Gasteiger partial charge in [0.2, 0.25) is 0 Å². The number of fused-ring (bicyclic) bond motifs is 1. The van der Waals surface area contributed by atoms with Crippen LogP contribution in [-0.4, -0.2) is 43.7 Å². The number of likely N-dealkylation sites (tertiary alicyclic amines) is 1. The van der Waals surface area contributed by atoms with Gasteiger partial charge in [0.1, 0.15) is 5.82 Å². The summed E-state index contributed by atoms with van der Waals surface area (Å²) in [5.74, 6) is 0.156. The van der Waals surface area contributed by atoms with Crippen molar-refractivity contribution in [3.05, 3.63) is 54.2 Å². The summed E-state index contributed by atoms with van der Waals surface area (Å²) in [5, 5.41) is 2.75. The number of carbonyl (C=O) groups excluding carboxylic acids is 2. The summed E-state index contributed by atoms with van der Waals surface area (Å²) in [5.41, 5.74) is 9.59. The summed E-state index contributed by atoms with van der Waals surface area (Å²) in [4.78, 5) is 36.1. The molecule has 3 N–H and O–H groups in total. The van der Waals surface area contributed by atoms with Crippen LogP contribution in [0.15, 0.2) is 43.1 Å². The molecule has 8 heteroatoms. The van der Waals surface area contributed by atoms with Crippen molar-refractivity contribution in [3.8, 4) is 0 Å². The van der Waals surface area contributed by atoms with E-state index in [0.717, 1.165) is 42.3 Å². The number of nitrogen functional groups attached to an aromatic ring is 1. The lowest BCUT2D eigenvalue weighted by Gasteiger charge is -2.38. The Bertz CT molecular complexity index is 1170. The number of imidazole rings is 1. The SMILES string of the molecule is C[C@H]1CCC(Cc2ccc3cncn3c2)N(C(=O)C(=O)Nc2cnc(N)c(C3CC3)c2)C1. The lowest BCUT2D eigenvalue weighted by molar-refractivity contribution is -0.146. The van der Waals surface area contributed by atoms with Crippen LogP contribution in [0.3, 0.4) is 0 Å². The van der Waals surface area contributed by atoms with Crippen LogP contribution in [0.2, 0.25) is 0 Å². The lowest BCUT2D eigenvalue weighted by Crippen LogP contribution is -2.51. The molecule has 2 amide bonds. The van der Waals surface area contributed by atoms with E-state index < -0.39 is 11.8 Å². The Hall–Kier alpha value is -3.42. The number of nitrogens with zero attached hydrogens (tertiary/aromatic N) is 4. The minimum atomic E-state index is -0.623. The second-order valence-electron chi connectivity index (χ2n) is 9.19. The first-order valence-electron chi connectivity index (χ1n) is 11.3. The third kappa shape index (κ3) is 4.17. The molecule has 8 nitrogen and oxygen atoms in total. The third-order valence-corrected chi connectivity index (χ3v) is 6.56. The highest BCUT2D eigenvalue weighted by atomic mass is 16.2. The van der Waals surface area contributed by atoms with E-state index in [9.17, 15) is 9.59 Å². The van der Waals surface area contributed by atoms with Crippen molar-refractivity contribution in [1.29, 1.82) is 0 Å². The van der Waals surface area contributed by atoms with Gasteiger partial charge in [-0.05, 0) is 67.2 Å². The molecule has 3 aromatic heterocycles. The summed E-state index contributed by atoms with van der Waals surface area (Å²) < 4.78 is 1.98. The molecule has 1 saturated carbocycles. The van der Waals surface area contributed by atoms with Crippen LogP contribution in [0, 0.1) is 5.92 Å². The number of hydrogen-bond acceptors (Lipinski definition) is 5. The second-order valence-corrected chi connectivity index (χ2v) is 9.19. The van der Waals surface area contributed by atoms with Gasteiger partial charge in [-0.3, -0.25) is 9.59 Å². The first kappa shape index (κ1) is 20.5. The number of pyridine rings is 2. The fourth-order valence-electron chi connectivity index (χ4n) is 4.63. The summed E-state index contributed by atoms with van der Waals surface area (Å²) in [6.07, 6.45) is 11.9. The molecule has 32 heavy (non-hydrogen) atoms. The van der Waals surface area contributed by atoms with Crippen molar-refractivity contribution < 1.29 is 9.59 Å². The number of amides is 2. The molecule has 1 aliphatic carbocycles. The molecular formula is C24H28N6O2. The number of rotatable bonds is 4. The highest BCUT2D eigenvalue weighted by Crippen LogP contribution is 2.42. The van der Waals surface area contributed by atoms with Crippen molar-refractivity contribution in [2.45, 2.75) is 51.0 Å². The van der Waals surface area contributed by atoms with E-state index in [1.54, 1.807) is 11.2 Å². The van der Waals surface area contributed by atoms with Crippen LogP contribution in [0.25, 0.3) is 5.52 Å². The molecule has 5 rings (SSSR count). The maximum Gasteiger partial charge on any atom is 0.313 e. The van der Waals surface area contributed by atoms with E-state index in [-0.39, 0.29) is 6.04 Å². The van der Waals surface area contributed by atoms with Gasteiger partial charge >= 0.3 is 11.8 Å². The highest BCUT2D eigenvalue weighted by molar-refractivity contribution is 6.39. The van der Waals surface area contributed by atoms with Gasteiger partial charge in [-0.15, -0.1) is 0 Å². The molecular weight excluding hydrogens is 404 g/mol. The Balaban J connectivity index is 1.31. The quantitative estimate of drug-likeness (QED) is 0.617. The largest absolute Gasteiger partial charge is 0.383 e. The number of nitrogens with one attached hydrogen (secondary N) is 1. The molecule has 4 heterocycles. The third-order valence-electron chi connectivity index (χ3n) is 6.56. The van der Waals surface area contributed by atoms with Crippen LogP contribution < -0.4 is 11.1 Å². The molecule has 1 unspecified atom stereocenters. The average molecular weight is 433 g/mol. The number of anilines is 2. The second kappa shape index (κ2) is 8.26. The molecule has 0 spiro atoms. The molecule has 2 aliphatic rings.